The molecular weight excluding hydrogens is 208 g/mol. The van der Waals surface area contributed by atoms with E-state index in [0.29, 0.717) is 16.6 Å². The minimum absolute atomic E-state index is 0.161. The molecule has 0 amide bonds. The molecule has 1 aromatic carbocycles. The smallest absolute Gasteiger partial charge is 0.340 e. The van der Waals surface area contributed by atoms with Crippen molar-refractivity contribution in [1.82, 2.24) is 0 Å². The monoisotopic (exact) mass is 216 g/mol. The van der Waals surface area contributed by atoms with E-state index in [4.69, 9.17) is 8.83 Å². The molecule has 16 heavy (non-hydrogen) atoms. The van der Waals surface area contributed by atoms with E-state index in [1.54, 1.807) is 12.1 Å². The van der Waals surface area contributed by atoms with Crippen LogP contribution in [0.3, 0.4) is 0 Å². The SMILES string of the molecule is Cc1c2ccoc2c(C(=O)O)c2ccoc12. The lowest BCUT2D eigenvalue weighted by Gasteiger charge is -2.02. The average molecular weight is 216 g/mol. The summed E-state index contributed by atoms with van der Waals surface area (Å²) in [5.74, 6) is -1.01. The predicted octanol–water partition coefficient (Wildman–Crippen LogP) is 3.19. The van der Waals surface area contributed by atoms with E-state index >= 15 is 0 Å². The summed E-state index contributed by atoms with van der Waals surface area (Å²) in [6, 6.07) is 3.40. The lowest BCUT2D eigenvalue weighted by molar-refractivity contribution is 0.0700. The molecule has 4 nitrogen and oxygen atoms in total. The fourth-order valence-corrected chi connectivity index (χ4v) is 2.05. The van der Waals surface area contributed by atoms with Crippen molar-refractivity contribution >= 4 is 27.9 Å². The maximum atomic E-state index is 11.2. The minimum atomic E-state index is -1.01. The van der Waals surface area contributed by atoms with Crippen molar-refractivity contribution in [3.8, 4) is 0 Å². The molecule has 0 saturated heterocycles. The lowest BCUT2D eigenvalue weighted by atomic mass is 10.0. The maximum absolute atomic E-state index is 11.2. The first-order chi connectivity index (χ1) is 7.70. The van der Waals surface area contributed by atoms with Gasteiger partial charge < -0.3 is 13.9 Å². The topological polar surface area (TPSA) is 63.6 Å². The van der Waals surface area contributed by atoms with Crippen molar-refractivity contribution in [2.45, 2.75) is 6.92 Å². The number of carboxylic acids is 1. The van der Waals surface area contributed by atoms with E-state index < -0.39 is 5.97 Å². The van der Waals surface area contributed by atoms with Gasteiger partial charge in [-0.05, 0) is 19.1 Å². The van der Waals surface area contributed by atoms with Crippen molar-refractivity contribution in [2.24, 2.45) is 0 Å². The summed E-state index contributed by atoms with van der Waals surface area (Å²) < 4.78 is 10.6. The van der Waals surface area contributed by atoms with Crippen LogP contribution < -0.4 is 0 Å². The van der Waals surface area contributed by atoms with E-state index in [1.165, 1.54) is 12.5 Å². The van der Waals surface area contributed by atoms with E-state index in [2.05, 4.69) is 0 Å². The third-order valence-corrected chi connectivity index (χ3v) is 2.79. The summed E-state index contributed by atoms with van der Waals surface area (Å²) in [5.41, 5.74) is 2.06. The number of aromatic carboxylic acids is 1. The van der Waals surface area contributed by atoms with Gasteiger partial charge in [-0.25, -0.2) is 4.79 Å². The standard InChI is InChI=1S/C12H8O4/c1-6-7-2-4-16-11(7)9(12(13)14)8-3-5-15-10(6)8/h2-5H,1H3,(H,13,14). The van der Waals surface area contributed by atoms with Crippen LogP contribution in [-0.2, 0) is 0 Å². The van der Waals surface area contributed by atoms with Crippen LogP contribution in [0.2, 0.25) is 0 Å². The van der Waals surface area contributed by atoms with Crippen LogP contribution in [0, 0.1) is 6.92 Å². The van der Waals surface area contributed by atoms with Crippen LogP contribution >= 0.6 is 0 Å². The first kappa shape index (κ1) is 9.03. The molecule has 0 unspecified atom stereocenters. The Morgan fingerprint density at radius 1 is 1.12 bits per heavy atom. The van der Waals surface area contributed by atoms with Gasteiger partial charge in [0.05, 0.1) is 12.5 Å². The third-order valence-electron chi connectivity index (χ3n) is 2.79. The zero-order valence-corrected chi connectivity index (χ0v) is 8.48. The van der Waals surface area contributed by atoms with Crippen molar-refractivity contribution in [1.29, 1.82) is 0 Å². The number of hydrogen-bond acceptors (Lipinski definition) is 3. The molecule has 0 fully saturated rings. The number of hydrogen-bond donors (Lipinski definition) is 1. The van der Waals surface area contributed by atoms with Gasteiger partial charge in [0.25, 0.3) is 0 Å². The molecule has 0 atom stereocenters. The molecule has 0 aliphatic rings. The molecule has 80 valence electrons. The molecule has 2 aromatic heterocycles. The number of fused-ring (bicyclic) bond motifs is 2. The quantitative estimate of drug-likeness (QED) is 0.678. The number of carboxylic acid groups (broad SMARTS) is 1. The molecule has 3 rings (SSSR count). The molecule has 0 saturated carbocycles. The van der Waals surface area contributed by atoms with Crippen LogP contribution in [-0.4, -0.2) is 11.1 Å². The summed E-state index contributed by atoms with van der Waals surface area (Å²) in [7, 11) is 0. The van der Waals surface area contributed by atoms with Gasteiger partial charge in [-0.1, -0.05) is 0 Å². The van der Waals surface area contributed by atoms with Gasteiger partial charge in [0.1, 0.15) is 16.7 Å². The zero-order chi connectivity index (χ0) is 11.3. The van der Waals surface area contributed by atoms with Gasteiger partial charge in [-0.15, -0.1) is 0 Å². The van der Waals surface area contributed by atoms with Crippen molar-refractivity contribution in [3.63, 3.8) is 0 Å². The van der Waals surface area contributed by atoms with Crippen molar-refractivity contribution in [3.05, 3.63) is 35.8 Å². The molecule has 2 heterocycles. The molecule has 0 aliphatic heterocycles. The summed E-state index contributed by atoms with van der Waals surface area (Å²) in [6.07, 6.45) is 2.98. The van der Waals surface area contributed by atoms with Gasteiger partial charge in [0, 0.05) is 16.3 Å². The van der Waals surface area contributed by atoms with Crippen molar-refractivity contribution in [2.75, 3.05) is 0 Å². The zero-order valence-electron chi connectivity index (χ0n) is 8.48. The van der Waals surface area contributed by atoms with Gasteiger partial charge >= 0.3 is 5.97 Å². The molecule has 0 radical (unpaired) electrons. The Bertz CT molecular complexity index is 651. The summed E-state index contributed by atoms with van der Waals surface area (Å²) in [4.78, 5) is 11.2. The first-order valence-corrected chi connectivity index (χ1v) is 4.80. The van der Waals surface area contributed by atoms with Gasteiger partial charge in [-0.3, -0.25) is 0 Å². The van der Waals surface area contributed by atoms with Crippen LogP contribution in [0.15, 0.2) is 33.5 Å². The van der Waals surface area contributed by atoms with Crippen LogP contribution in [0.25, 0.3) is 21.9 Å². The van der Waals surface area contributed by atoms with Gasteiger partial charge in [0.15, 0.2) is 0 Å². The summed E-state index contributed by atoms with van der Waals surface area (Å²) in [5, 5.41) is 10.6. The molecule has 0 aliphatic carbocycles. The molecule has 3 aromatic rings. The Balaban J connectivity index is 2.67. The average Bonchev–Trinajstić information content (AvgIpc) is 2.84. The Labute approximate surface area is 90.1 Å². The number of benzene rings is 1. The largest absolute Gasteiger partial charge is 0.478 e. The van der Waals surface area contributed by atoms with Gasteiger partial charge in [-0.2, -0.15) is 0 Å². The van der Waals surface area contributed by atoms with E-state index in [-0.39, 0.29) is 5.56 Å². The molecular formula is C12H8O4. The van der Waals surface area contributed by atoms with Crippen LogP contribution in [0.5, 0.6) is 0 Å². The molecule has 0 spiro atoms. The number of rotatable bonds is 1. The summed E-state index contributed by atoms with van der Waals surface area (Å²) >= 11 is 0. The fourth-order valence-electron chi connectivity index (χ4n) is 2.05. The second kappa shape index (κ2) is 2.88. The number of aryl methyl sites for hydroxylation is 1. The van der Waals surface area contributed by atoms with E-state index in [0.717, 1.165) is 10.9 Å². The summed E-state index contributed by atoms with van der Waals surface area (Å²) in [6.45, 7) is 1.88. The number of carbonyl (C=O) groups is 1. The van der Waals surface area contributed by atoms with Crippen LogP contribution in [0.4, 0.5) is 0 Å². The molecule has 1 N–H and O–H groups in total. The fraction of sp³-hybridized carbons (Fsp3) is 0.0833. The second-order valence-electron chi connectivity index (χ2n) is 3.63. The highest BCUT2D eigenvalue weighted by molar-refractivity contribution is 6.14. The second-order valence-corrected chi connectivity index (χ2v) is 3.63. The molecule has 0 bridgehead atoms. The highest BCUT2D eigenvalue weighted by atomic mass is 16.4. The first-order valence-electron chi connectivity index (χ1n) is 4.80. The number of furan rings is 2. The highest BCUT2D eigenvalue weighted by Gasteiger charge is 2.20. The molecule has 4 heteroatoms. The van der Waals surface area contributed by atoms with E-state index in [1.807, 2.05) is 6.92 Å². The Morgan fingerprint density at radius 2 is 1.75 bits per heavy atom. The Hall–Kier alpha value is -2.23. The normalized spacial score (nSPS) is 11.3. The maximum Gasteiger partial charge on any atom is 0.340 e. The lowest BCUT2D eigenvalue weighted by Crippen LogP contribution is -1.98. The van der Waals surface area contributed by atoms with Crippen LogP contribution in [0.1, 0.15) is 15.9 Å². The Kier molecular flexibility index (Phi) is 1.63. The van der Waals surface area contributed by atoms with Crippen molar-refractivity contribution < 1.29 is 18.7 Å². The minimum Gasteiger partial charge on any atom is -0.478 e. The predicted molar refractivity (Wildman–Crippen MR) is 57.7 cm³/mol. The highest BCUT2D eigenvalue weighted by Crippen LogP contribution is 2.33. The van der Waals surface area contributed by atoms with Gasteiger partial charge in [0.2, 0.25) is 0 Å². The third kappa shape index (κ3) is 0.957. The van der Waals surface area contributed by atoms with E-state index in [9.17, 15) is 9.90 Å². The Morgan fingerprint density at radius 3 is 2.44 bits per heavy atom.